The van der Waals surface area contributed by atoms with Crippen molar-refractivity contribution < 1.29 is 18.0 Å². The smallest absolute Gasteiger partial charge is 0.281 e. The molecule has 1 atom stereocenters. The van der Waals surface area contributed by atoms with Crippen molar-refractivity contribution in [2.24, 2.45) is 0 Å². The average molecular weight is 410 g/mol. The molecule has 0 aliphatic carbocycles. The van der Waals surface area contributed by atoms with Gasteiger partial charge in [0, 0.05) is 5.75 Å². The Labute approximate surface area is 163 Å². The second kappa shape index (κ2) is 7.74. The molecule has 28 heavy (non-hydrogen) atoms. The summed E-state index contributed by atoms with van der Waals surface area (Å²) in [7, 11) is 0. The van der Waals surface area contributed by atoms with Gasteiger partial charge in [0.05, 0.1) is 23.2 Å². The molecule has 3 N–H and O–H groups in total. The standard InChI is InChI=1S/C17H17F3N6OS/c1-17(2)16(21)24-11(7-28-17)13-8(18)3-4-12(25-13)26-15(27)10-6-22-9(5-23-10)14(19)20/h3-6,11,14H,7H2,1-2H3,(H2,21,24)(H,25,26,27). The lowest BCUT2D eigenvalue weighted by molar-refractivity contribution is 0.102. The molecule has 1 amide bonds. The summed E-state index contributed by atoms with van der Waals surface area (Å²) < 4.78 is 38.9. The number of carbonyl (C=O) groups excluding carboxylic acids is 1. The molecule has 0 saturated carbocycles. The summed E-state index contributed by atoms with van der Waals surface area (Å²) in [6.45, 7) is 3.79. The Morgan fingerprint density at radius 1 is 1.36 bits per heavy atom. The first-order valence-electron chi connectivity index (χ1n) is 8.25. The van der Waals surface area contributed by atoms with E-state index in [-0.39, 0.29) is 23.0 Å². The van der Waals surface area contributed by atoms with E-state index >= 15 is 0 Å². The van der Waals surface area contributed by atoms with Crippen molar-refractivity contribution in [2.75, 3.05) is 11.1 Å². The Kier molecular flexibility index (Phi) is 5.54. The van der Waals surface area contributed by atoms with Crippen molar-refractivity contribution >= 4 is 29.3 Å². The summed E-state index contributed by atoms with van der Waals surface area (Å²) in [6, 6.07) is 1.93. The summed E-state index contributed by atoms with van der Waals surface area (Å²) in [5.41, 5.74) is -0.637. The number of amides is 1. The minimum Gasteiger partial charge on any atom is -0.364 e. The molecule has 2 aromatic heterocycles. The molecule has 1 aliphatic heterocycles. The van der Waals surface area contributed by atoms with Crippen LogP contribution in [-0.2, 0) is 0 Å². The van der Waals surface area contributed by atoms with E-state index in [1.54, 1.807) is 0 Å². The van der Waals surface area contributed by atoms with Crippen LogP contribution in [0.4, 0.5) is 19.0 Å². The molecule has 3 rings (SSSR count). The summed E-state index contributed by atoms with van der Waals surface area (Å²) in [5.74, 6) is -0.442. The van der Waals surface area contributed by atoms with Crippen molar-refractivity contribution in [3.8, 4) is 0 Å². The lowest BCUT2D eigenvalue weighted by Gasteiger charge is -2.35. The lowest BCUT2D eigenvalue weighted by Crippen LogP contribution is -2.47. The number of pyridine rings is 1. The van der Waals surface area contributed by atoms with Crippen molar-refractivity contribution in [1.82, 2.24) is 20.3 Å². The number of halogens is 3. The second-order valence-electron chi connectivity index (χ2n) is 6.54. The summed E-state index contributed by atoms with van der Waals surface area (Å²) in [6.07, 6.45) is -1.03. The number of nitrogens with one attached hydrogen (secondary N) is 3. The zero-order chi connectivity index (χ0) is 20.5. The van der Waals surface area contributed by atoms with E-state index in [1.165, 1.54) is 23.9 Å². The van der Waals surface area contributed by atoms with Gasteiger partial charge in [-0.2, -0.15) is 0 Å². The number of carbonyl (C=O) groups is 1. The quantitative estimate of drug-likeness (QED) is 0.714. The number of anilines is 1. The lowest BCUT2D eigenvalue weighted by atomic mass is 10.1. The van der Waals surface area contributed by atoms with Crippen LogP contribution in [0.5, 0.6) is 0 Å². The van der Waals surface area contributed by atoms with Crippen LogP contribution in [0.3, 0.4) is 0 Å². The molecule has 0 radical (unpaired) electrons. The topological polar surface area (TPSA) is 104 Å². The van der Waals surface area contributed by atoms with Crippen molar-refractivity contribution in [3.05, 3.63) is 47.4 Å². The summed E-state index contributed by atoms with van der Waals surface area (Å²) in [5, 5.41) is 13.4. The van der Waals surface area contributed by atoms with Gasteiger partial charge in [-0.25, -0.2) is 23.1 Å². The van der Waals surface area contributed by atoms with E-state index in [0.29, 0.717) is 5.75 Å². The van der Waals surface area contributed by atoms with Gasteiger partial charge in [-0.3, -0.25) is 15.2 Å². The number of alkyl halides is 2. The normalized spacial score (nSPS) is 18.6. The highest BCUT2D eigenvalue weighted by Gasteiger charge is 2.34. The van der Waals surface area contributed by atoms with E-state index in [0.717, 1.165) is 12.4 Å². The number of aromatic nitrogens is 3. The fraction of sp³-hybridized carbons (Fsp3) is 0.353. The van der Waals surface area contributed by atoms with Crippen molar-refractivity contribution in [2.45, 2.75) is 31.1 Å². The number of thioether (sulfide) groups is 1. The van der Waals surface area contributed by atoms with E-state index in [4.69, 9.17) is 5.41 Å². The third-order valence-electron chi connectivity index (χ3n) is 4.10. The molecule has 0 bridgehead atoms. The third kappa shape index (κ3) is 4.24. The van der Waals surface area contributed by atoms with Crippen LogP contribution < -0.4 is 10.6 Å². The maximum atomic E-state index is 14.3. The van der Waals surface area contributed by atoms with Gasteiger partial charge in [0.2, 0.25) is 0 Å². The van der Waals surface area contributed by atoms with E-state index in [9.17, 15) is 18.0 Å². The first kappa shape index (κ1) is 20.1. The molecule has 3 heterocycles. The first-order chi connectivity index (χ1) is 13.2. The molecule has 0 spiro atoms. The molecule has 1 fully saturated rings. The van der Waals surface area contributed by atoms with Crippen LogP contribution >= 0.6 is 11.8 Å². The Balaban J connectivity index is 1.76. The maximum Gasteiger partial charge on any atom is 0.281 e. The number of rotatable bonds is 4. The highest BCUT2D eigenvalue weighted by atomic mass is 32.2. The minimum absolute atomic E-state index is 0.0734. The van der Waals surface area contributed by atoms with Gasteiger partial charge in [0.1, 0.15) is 34.6 Å². The number of nitrogens with zero attached hydrogens (tertiary/aromatic N) is 3. The average Bonchev–Trinajstić information content (AvgIpc) is 2.65. The second-order valence-corrected chi connectivity index (χ2v) is 8.18. The zero-order valence-corrected chi connectivity index (χ0v) is 15.8. The van der Waals surface area contributed by atoms with E-state index in [1.807, 2.05) is 13.8 Å². The number of hydrogen-bond donors (Lipinski definition) is 3. The fourth-order valence-corrected chi connectivity index (χ4v) is 3.45. The van der Waals surface area contributed by atoms with Crippen LogP contribution in [0.1, 0.15) is 48.2 Å². The predicted molar refractivity (Wildman–Crippen MR) is 99.3 cm³/mol. The van der Waals surface area contributed by atoms with Gasteiger partial charge < -0.3 is 10.6 Å². The van der Waals surface area contributed by atoms with Crippen molar-refractivity contribution in [3.63, 3.8) is 0 Å². The molecule has 2 aromatic rings. The van der Waals surface area contributed by atoms with Crippen LogP contribution in [0.2, 0.25) is 0 Å². The molecule has 1 aliphatic rings. The van der Waals surface area contributed by atoms with Crippen LogP contribution in [-0.4, -0.2) is 37.2 Å². The summed E-state index contributed by atoms with van der Waals surface area (Å²) in [4.78, 5) is 23.5. The number of amidine groups is 1. The Hall–Kier alpha value is -2.69. The highest BCUT2D eigenvalue weighted by Crippen LogP contribution is 2.34. The van der Waals surface area contributed by atoms with Gasteiger partial charge in [-0.05, 0) is 26.0 Å². The van der Waals surface area contributed by atoms with E-state index in [2.05, 4.69) is 25.6 Å². The largest absolute Gasteiger partial charge is 0.364 e. The van der Waals surface area contributed by atoms with Gasteiger partial charge in [0.15, 0.2) is 0 Å². The molecule has 1 unspecified atom stereocenters. The monoisotopic (exact) mass is 410 g/mol. The highest BCUT2D eigenvalue weighted by molar-refractivity contribution is 8.01. The van der Waals surface area contributed by atoms with Gasteiger partial charge in [-0.1, -0.05) is 0 Å². The molecule has 11 heteroatoms. The van der Waals surface area contributed by atoms with Crippen LogP contribution in [0, 0.1) is 11.2 Å². The summed E-state index contributed by atoms with van der Waals surface area (Å²) >= 11 is 1.50. The molecule has 7 nitrogen and oxygen atoms in total. The maximum absolute atomic E-state index is 14.3. The number of hydrogen-bond acceptors (Lipinski definition) is 6. The Bertz CT molecular complexity index is 906. The SMILES string of the molecule is CC1(C)SCC(c2nc(NC(=O)c3cnc(C(F)F)cn3)ccc2F)NC1=N. The Morgan fingerprint density at radius 3 is 2.71 bits per heavy atom. The molecular formula is C17H17F3N6OS. The van der Waals surface area contributed by atoms with Gasteiger partial charge in [0.25, 0.3) is 12.3 Å². The molecule has 148 valence electrons. The van der Waals surface area contributed by atoms with E-state index < -0.39 is 34.6 Å². The minimum atomic E-state index is -2.78. The fourth-order valence-electron chi connectivity index (χ4n) is 2.42. The predicted octanol–water partition coefficient (Wildman–Crippen LogP) is 3.33. The third-order valence-corrected chi connectivity index (χ3v) is 5.53. The van der Waals surface area contributed by atoms with Gasteiger partial charge >= 0.3 is 0 Å². The van der Waals surface area contributed by atoms with Crippen LogP contribution in [0.25, 0.3) is 0 Å². The van der Waals surface area contributed by atoms with Crippen molar-refractivity contribution in [1.29, 1.82) is 5.41 Å². The molecule has 0 aromatic carbocycles. The van der Waals surface area contributed by atoms with Crippen LogP contribution in [0.15, 0.2) is 24.5 Å². The molecule has 1 saturated heterocycles. The molecular weight excluding hydrogens is 393 g/mol. The van der Waals surface area contributed by atoms with Gasteiger partial charge in [-0.15, -0.1) is 11.8 Å². The zero-order valence-electron chi connectivity index (χ0n) is 15.0. The first-order valence-corrected chi connectivity index (χ1v) is 9.23. The Morgan fingerprint density at radius 2 is 2.11 bits per heavy atom.